The van der Waals surface area contributed by atoms with Crippen molar-refractivity contribution in [2.24, 2.45) is 16.7 Å². The molecule has 1 aliphatic rings. The van der Waals surface area contributed by atoms with E-state index < -0.39 is 0 Å². The summed E-state index contributed by atoms with van der Waals surface area (Å²) in [6.45, 7) is 12.9. The fourth-order valence-corrected chi connectivity index (χ4v) is 5.07. The molecule has 0 saturated heterocycles. The van der Waals surface area contributed by atoms with Crippen molar-refractivity contribution in [3.8, 4) is 0 Å². The lowest BCUT2D eigenvalue weighted by Gasteiger charge is -2.20. The van der Waals surface area contributed by atoms with Crippen LogP contribution in [0, 0.1) is 16.7 Å². The average Bonchev–Trinajstić information content (AvgIpc) is 2.58. The van der Waals surface area contributed by atoms with Gasteiger partial charge in [0.15, 0.2) is 0 Å². The molecule has 1 heterocycles. The highest BCUT2D eigenvalue weighted by molar-refractivity contribution is 9.10. The Balaban J connectivity index is 2.14. The maximum atomic E-state index is 3.71. The van der Waals surface area contributed by atoms with Crippen LogP contribution in [0.25, 0.3) is 0 Å². The van der Waals surface area contributed by atoms with Gasteiger partial charge in [0.25, 0.3) is 0 Å². The highest BCUT2D eigenvalue weighted by atomic mass is 79.9. The normalized spacial score (nSPS) is 23.0. The molecule has 1 aliphatic carbocycles. The quantitative estimate of drug-likeness (QED) is 0.824. The van der Waals surface area contributed by atoms with E-state index in [0.29, 0.717) is 16.9 Å². The molecule has 18 heavy (non-hydrogen) atoms. The molecule has 1 saturated carbocycles. The molecule has 0 radical (unpaired) electrons. The molecule has 0 bridgehead atoms. The van der Waals surface area contributed by atoms with Gasteiger partial charge in [0, 0.05) is 15.4 Å². The molecular weight excluding hydrogens is 306 g/mol. The number of rotatable bonds is 5. The first-order valence-electron chi connectivity index (χ1n) is 6.77. The molecule has 1 atom stereocenters. The Morgan fingerprint density at radius 2 is 1.94 bits per heavy atom. The molecule has 1 N–H and O–H groups in total. The third-order valence-electron chi connectivity index (χ3n) is 5.10. The van der Waals surface area contributed by atoms with Gasteiger partial charge >= 0.3 is 0 Å². The number of halogens is 1. The molecule has 102 valence electrons. The molecule has 1 unspecified atom stereocenters. The molecule has 1 nitrogen and oxygen atoms in total. The summed E-state index contributed by atoms with van der Waals surface area (Å²) in [5.41, 5.74) is 0.896. The van der Waals surface area contributed by atoms with Crippen LogP contribution >= 0.6 is 27.3 Å². The van der Waals surface area contributed by atoms with Gasteiger partial charge in [-0.1, -0.05) is 34.6 Å². The van der Waals surface area contributed by atoms with Crippen LogP contribution in [-0.4, -0.2) is 12.6 Å². The van der Waals surface area contributed by atoms with E-state index in [-0.39, 0.29) is 0 Å². The minimum atomic E-state index is 0.448. The number of nitrogens with one attached hydrogen (secondary N) is 1. The van der Waals surface area contributed by atoms with Gasteiger partial charge in [-0.25, -0.2) is 0 Å². The van der Waals surface area contributed by atoms with Crippen molar-refractivity contribution in [2.75, 3.05) is 6.54 Å². The fraction of sp³-hybridized carbons (Fsp3) is 0.733. The van der Waals surface area contributed by atoms with Crippen LogP contribution in [0.2, 0.25) is 0 Å². The smallest absolute Gasteiger partial charge is 0.0314 e. The maximum absolute atomic E-state index is 3.71. The van der Waals surface area contributed by atoms with Crippen molar-refractivity contribution in [3.63, 3.8) is 0 Å². The van der Waals surface area contributed by atoms with Crippen LogP contribution in [0.15, 0.2) is 15.9 Å². The Kier molecular flexibility index (Phi) is 3.97. The molecular formula is C15H24BrNS. The van der Waals surface area contributed by atoms with Crippen LogP contribution in [0.4, 0.5) is 0 Å². The predicted octanol–water partition coefficient (Wildman–Crippen LogP) is 4.71. The monoisotopic (exact) mass is 329 g/mol. The molecule has 0 aromatic carbocycles. The fourth-order valence-electron chi connectivity index (χ4n) is 3.49. The zero-order chi connectivity index (χ0) is 13.6. The lowest BCUT2D eigenvalue weighted by Crippen LogP contribution is -2.35. The van der Waals surface area contributed by atoms with Crippen LogP contribution in [0.3, 0.4) is 0 Å². The van der Waals surface area contributed by atoms with Gasteiger partial charge in [-0.2, -0.15) is 0 Å². The summed E-state index contributed by atoms with van der Waals surface area (Å²) in [5.74, 6) is 0.763. The standard InChI is InChI=1S/C15H24BrNS/c1-6-17-11(9-12-10(16)7-8-18-12)13-14(2,3)15(13,4)5/h7-8,11,13,17H,6,9H2,1-5H3. The summed E-state index contributed by atoms with van der Waals surface area (Å²) >= 11 is 5.52. The van der Waals surface area contributed by atoms with Gasteiger partial charge in [-0.05, 0) is 57.1 Å². The summed E-state index contributed by atoms with van der Waals surface area (Å²) in [6, 6.07) is 2.75. The van der Waals surface area contributed by atoms with E-state index in [4.69, 9.17) is 0 Å². The van der Waals surface area contributed by atoms with Gasteiger partial charge in [0.05, 0.1) is 0 Å². The Morgan fingerprint density at radius 1 is 1.33 bits per heavy atom. The topological polar surface area (TPSA) is 12.0 Å². The first-order valence-corrected chi connectivity index (χ1v) is 8.45. The minimum Gasteiger partial charge on any atom is -0.314 e. The highest BCUT2D eigenvalue weighted by Crippen LogP contribution is 2.69. The highest BCUT2D eigenvalue weighted by Gasteiger charge is 2.66. The predicted molar refractivity (Wildman–Crippen MR) is 84.2 cm³/mol. The second kappa shape index (κ2) is 4.92. The number of likely N-dealkylation sites (N-methyl/N-ethyl adjacent to an activating group) is 1. The molecule has 2 rings (SSSR count). The van der Waals surface area contributed by atoms with Crippen molar-refractivity contribution in [2.45, 2.75) is 47.1 Å². The Morgan fingerprint density at radius 3 is 2.33 bits per heavy atom. The summed E-state index contributed by atoms with van der Waals surface area (Å²) in [4.78, 5) is 1.47. The molecule has 1 aromatic rings. The zero-order valence-corrected chi connectivity index (χ0v) is 14.4. The molecule has 0 aliphatic heterocycles. The van der Waals surface area contributed by atoms with Crippen LogP contribution in [-0.2, 0) is 6.42 Å². The van der Waals surface area contributed by atoms with Gasteiger partial charge in [0.2, 0.25) is 0 Å². The van der Waals surface area contributed by atoms with Gasteiger partial charge < -0.3 is 5.32 Å². The summed E-state index contributed by atoms with van der Waals surface area (Å²) < 4.78 is 1.27. The summed E-state index contributed by atoms with van der Waals surface area (Å²) in [5, 5.41) is 5.88. The van der Waals surface area contributed by atoms with Crippen molar-refractivity contribution < 1.29 is 0 Å². The minimum absolute atomic E-state index is 0.448. The Bertz CT molecular complexity index is 408. The SMILES string of the molecule is CCNC(Cc1sccc1Br)C1C(C)(C)C1(C)C. The van der Waals surface area contributed by atoms with Gasteiger partial charge in [-0.3, -0.25) is 0 Å². The Labute approximate surface area is 123 Å². The number of hydrogen-bond donors (Lipinski definition) is 1. The molecule has 0 spiro atoms. The van der Waals surface area contributed by atoms with E-state index >= 15 is 0 Å². The third kappa shape index (κ3) is 2.30. The van der Waals surface area contributed by atoms with E-state index in [1.54, 1.807) is 0 Å². The molecule has 3 heteroatoms. The van der Waals surface area contributed by atoms with Crippen LogP contribution in [0.1, 0.15) is 39.5 Å². The molecule has 1 aromatic heterocycles. The zero-order valence-electron chi connectivity index (χ0n) is 12.0. The molecule has 1 fully saturated rings. The lowest BCUT2D eigenvalue weighted by atomic mass is 10.0. The van der Waals surface area contributed by atoms with Crippen molar-refractivity contribution in [1.82, 2.24) is 5.32 Å². The largest absolute Gasteiger partial charge is 0.314 e. The number of hydrogen-bond acceptors (Lipinski definition) is 2. The first kappa shape index (κ1) is 14.5. The van der Waals surface area contributed by atoms with E-state index in [0.717, 1.165) is 18.9 Å². The number of thiophene rings is 1. The maximum Gasteiger partial charge on any atom is 0.0314 e. The lowest BCUT2D eigenvalue weighted by molar-refractivity contribution is 0.404. The van der Waals surface area contributed by atoms with Crippen molar-refractivity contribution >= 4 is 27.3 Å². The van der Waals surface area contributed by atoms with E-state index in [1.807, 2.05) is 11.3 Å². The second-order valence-electron chi connectivity index (χ2n) is 6.48. The van der Waals surface area contributed by atoms with E-state index in [2.05, 4.69) is 67.3 Å². The van der Waals surface area contributed by atoms with Gasteiger partial charge in [-0.15, -0.1) is 11.3 Å². The summed E-state index contributed by atoms with van der Waals surface area (Å²) in [7, 11) is 0. The summed E-state index contributed by atoms with van der Waals surface area (Å²) in [6.07, 6.45) is 1.14. The second-order valence-corrected chi connectivity index (χ2v) is 8.34. The van der Waals surface area contributed by atoms with Crippen molar-refractivity contribution in [1.29, 1.82) is 0 Å². The van der Waals surface area contributed by atoms with Gasteiger partial charge in [0.1, 0.15) is 0 Å². The Hall–Kier alpha value is 0.140. The average molecular weight is 330 g/mol. The third-order valence-corrected chi connectivity index (χ3v) is 7.05. The van der Waals surface area contributed by atoms with E-state index in [1.165, 1.54) is 9.35 Å². The van der Waals surface area contributed by atoms with Crippen molar-refractivity contribution in [3.05, 3.63) is 20.8 Å². The van der Waals surface area contributed by atoms with Crippen LogP contribution in [0.5, 0.6) is 0 Å². The van der Waals surface area contributed by atoms with Crippen LogP contribution < -0.4 is 5.32 Å². The first-order chi connectivity index (χ1) is 8.32. The van der Waals surface area contributed by atoms with E-state index in [9.17, 15) is 0 Å². The molecule has 0 amide bonds.